The second-order valence-corrected chi connectivity index (χ2v) is 6.38. The largest absolute Gasteiger partial charge is 0.321 e. The Labute approximate surface area is 140 Å². The van der Waals surface area contributed by atoms with E-state index < -0.39 is 5.82 Å². The maximum Gasteiger partial charge on any atom is 0.282 e. The molecule has 1 aliphatic rings. The zero-order valence-electron chi connectivity index (χ0n) is 12.9. The third kappa shape index (κ3) is 3.54. The molecule has 3 rings (SSSR count). The lowest BCUT2D eigenvalue weighted by Crippen LogP contribution is -3.16. The van der Waals surface area contributed by atoms with Crippen LogP contribution >= 0.6 is 11.6 Å². The minimum Gasteiger partial charge on any atom is -0.321 e. The Hall–Kier alpha value is -1.91. The number of nitrogens with one attached hydrogen (secondary N) is 2. The quantitative estimate of drug-likeness (QED) is 0.889. The van der Waals surface area contributed by atoms with Crippen molar-refractivity contribution in [2.45, 2.75) is 25.9 Å². The number of halogens is 2. The third-order valence-electron chi connectivity index (χ3n) is 4.45. The molecule has 0 aromatic heterocycles. The van der Waals surface area contributed by atoms with Crippen molar-refractivity contribution in [3.8, 4) is 0 Å². The van der Waals surface area contributed by atoms with Crippen molar-refractivity contribution >= 4 is 23.2 Å². The zero-order valence-corrected chi connectivity index (χ0v) is 13.7. The van der Waals surface area contributed by atoms with Gasteiger partial charge < -0.3 is 10.2 Å². The average Bonchev–Trinajstić information content (AvgIpc) is 2.56. The van der Waals surface area contributed by atoms with Gasteiger partial charge in [0.15, 0.2) is 6.04 Å². The van der Waals surface area contributed by atoms with Gasteiger partial charge in [0, 0.05) is 17.0 Å². The molecule has 2 N–H and O–H groups in total. The SMILES string of the molecule is C[C@@H](C(=O)Nc1ccc(Cl)cc1F)[NH+]1CCc2ccccc2C1. The fraction of sp³-hybridized carbons (Fsp3) is 0.278. The molecule has 0 radical (unpaired) electrons. The highest BCUT2D eigenvalue weighted by molar-refractivity contribution is 6.30. The number of rotatable bonds is 3. The van der Waals surface area contributed by atoms with Gasteiger partial charge in [-0.15, -0.1) is 0 Å². The summed E-state index contributed by atoms with van der Waals surface area (Å²) in [6, 6.07) is 12.3. The minimum atomic E-state index is -0.517. The van der Waals surface area contributed by atoms with Gasteiger partial charge in [0.05, 0.1) is 12.2 Å². The summed E-state index contributed by atoms with van der Waals surface area (Å²) in [6.45, 7) is 3.59. The summed E-state index contributed by atoms with van der Waals surface area (Å²) in [5.74, 6) is -0.697. The highest BCUT2D eigenvalue weighted by atomic mass is 35.5. The van der Waals surface area contributed by atoms with E-state index in [4.69, 9.17) is 11.6 Å². The van der Waals surface area contributed by atoms with Gasteiger partial charge in [0.25, 0.3) is 5.91 Å². The molecule has 3 nitrogen and oxygen atoms in total. The summed E-state index contributed by atoms with van der Waals surface area (Å²) >= 11 is 5.73. The lowest BCUT2D eigenvalue weighted by Gasteiger charge is -2.30. The van der Waals surface area contributed by atoms with Gasteiger partial charge >= 0.3 is 0 Å². The first-order valence-corrected chi connectivity index (χ1v) is 8.09. The van der Waals surface area contributed by atoms with Crippen LogP contribution in [0.1, 0.15) is 18.1 Å². The van der Waals surface area contributed by atoms with Crippen LogP contribution in [-0.4, -0.2) is 18.5 Å². The van der Waals surface area contributed by atoms with E-state index in [0.29, 0.717) is 5.02 Å². The van der Waals surface area contributed by atoms with Crippen LogP contribution in [0.15, 0.2) is 42.5 Å². The standard InChI is InChI=1S/C18H18ClFN2O/c1-12(18(23)21-17-7-6-15(19)10-16(17)20)22-9-8-13-4-2-3-5-14(13)11-22/h2-7,10,12H,8-9,11H2,1H3,(H,21,23)/p+1/t12-/m0/s1. The fourth-order valence-corrected chi connectivity index (χ4v) is 3.15. The molecule has 0 aliphatic carbocycles. The van der Waals surface area contributed by atoms with E-state index in [-0.39, 0.29) is 17.6 Å². The molecule has 2 atom stereocenters. The normalized spacial score (nSPS) is 18.1. The van der Waals surface area contributed by atoms with Crippen molar-refractivity contribution < 1.29 is 14.1 Å². The number of carbonyl (C=O) groups is 1. The van der Waals surface area contributed by atoms with Crippen molar-refractivity contribution in [1.29, 1.82) is 0 Å². The Morgan fingerprint density at radius 2 is 2.00 bits per heavy atom. The Balaban J connectivity index is 1.68. The van der Waals surface area contributed by atoms with E-state index in [1.165, 1.54) is 28.2 Å². The van der Waals surface area contributed by atoms with Crippen molar-refractivity contribution in [2.75, 3.05) is 11.9 Å². The summed E-state index contributed by atoms with van der Waals surface area (Å²) in [7, 11) is 0. The molecule has 1 heterocycles. The van der Waals surface area contributed by atoms with Crippen LogP contribution in [0.2, 0.25) is 5.02 Å². The molecule has 0 saturated heterocycles. The van der Waals surface area contributed by atoms with E-state index in [1.807, 2.05) is 19.1 Å². The van der Waals surface area contributed by atoms with Gasteiger partial charge in [0.1, 0.15) is 12.4 Å². The van der Waals surface area contributed by atoms with Gasteiger partial charge in [-0.25, -0.2) is 4.39 Å². The number of quaternary nitrogens is 1. The lowest BCUT2D eigenvalue weighted by atomic mass is 9.99. The van der Waals surface area contributed by atoms with E-state index in [1.54, 1.807) is 6.07 Å². The molecule has 1 aliphatic heterocycles. The number of hydrogen-bond donors (Lipinski definition) is 2. The molecule has 2 aromatic carbocycles. The van der Waals surface area contributed by atoms with Crippen molar-refractivity contribution in [2.24, 2.45) is 0 Å². The fourth-order valence-electron chi connectivity index (χ4n) is 2.99. The molecule has 23 heavy (non-hydrogen) atoms. The molecule has 120 valence electrons. The Morgan fingerprint density at radius 1 is 1.26 bits per heavy atom. The van der Waals surface area contributed by atoms with Gasteiger partial charge in [-0.3, -0.25) is 4.79 Å². The van der Waals surface area contributed by atoms with Crippen LogP contribution in [-0.2, 0) is 17.8 Å². The third-order valence-corrected chi connectivity index (χ3v) is 4.68. The van der Waals surface area contributed by atoms with Crippen molar-refractivity contribution in [1.82, 2.24) is 0 Å². The zero-order chi connectivity index (χ0) is 16.4. The Morgan fingerprint density at radius 3 is 2.74 bits per heavy atom. The predicted octanol–water partition coefficient (Wildman–Crippen LogP) is 2.45. The van der Waals surface area contributed by atoms with Crippen LogP contribution in [0.5, 0.6) is 0 Å². The number of amides is 1. The van der Waals surface area contributed by atoms with Gasteiger partial charge in [0.2, 0.25) is 0 Å². The molecule has 0 spiro atoms. The smallest absolute Gasteiger partial charge is 0.282 e. The molecule has 1 amide bonds. The number of benzene rings is 2. The summed E-state index contributed by atoms with van der Waals surface area (Å²) in [6.07, 6.45) is 0.957. The highest BCUT2D eigenvalue weighted by Crippen LogP contribution is 2.19. The molecule has 0 saturated carbocycles. The van der Waals surface area contributed by atoms with Crippen LogP contribution in [0.4, 0.5) is 10.1 Å². The number of anilines is 1. The number of hydrogen-bond acceptors (Lipinski definition) is 1. The second-order valence-electron chi connectivity index (χ2n) is 5.94. The maximum atomic E-state index is 13.8. The minimum absolute atomic E-state index is 0.169. The summed E-state index contributed by atoms with van der Waals surface area (Å²) < 4.78 is 13.8. The van der Waals surface area contributed by atoms with Crippen LogP contribution < -0.4 is 10.2 Å². The number of carbonyl (C=O) groups excluding carboxylic acids is 1. The second kappa shape index (κ2) is 6.69. The Kier molecular flexibility index (Phi) is 4.64. The molecular weight excluding hydrogens is 315 g/mol. The van der Waals surface area contributed by atoms with Crippen LogP contribution in [0.3, 0.4) is 0 Å². The first kappa shape index (κ1) is 16.0. The molecule has 1 unspecified atom stereocenters. The maximum absolute atomic E-state index is 13.8. The predicted molar refractivity (Wildman–Crippen MR) is 89.2 cm³/mol. The number of fused-ring (bicyclic) bond motifs is 1. The monoisotopic (exact) mass is 333 g/mol. The van der Waals surface area contributed by atoms with Gasteiger partial charge in [-0.1, -0.05) is 35.9 Å². The van der Waals surface area contributed by atoms with Crippen LogP contribution in [0, 0.1) is 5.82 Å². The van der Waals surface area contributed by atoms with Crippen LogP contribution in [0.25, 0.3) is 0 Å². The van der Waals surface area contributed by atoms with Crippen molar-refractivity contribution in [3.63, 3.8) is 0 Å². The lowest BCUT2D eigenvalue weighted by molar-refractivity contribution is -0.929. The summed E-state index contributed by atoms with van der Waals surface area (Å²) in [5.41, 5.74) is 2.81. The van der Waals surface area contributed by atoms with E-state index in [2.05, 4.69) is 17.4 Å². The first-order valence-electron chi connectivity index (χ1n) is 7.72. The summed E-state index contributed by atoms with van der Waals surface area (Å²) in [4.78, 5) is 13.6. The van der Waals surface area contributed by atoms with E-state index in [0.717, 1.165) is 19.5 Å². The van der Waals surface area contributed by atoms with E-state index >= 15 is 0 Å². The molecular formula is C18H19ClFN2O+. The molecule has 0 bridgehead atoms. The molecule has 5 heteroatoms. The van der Waals surface area contributed by atoms with E-state index in [9.17, 15) is 9.18 Å². The summed E-state index contributed by atoms with van der Waals surface area (Å²) in [5, 5.41) is 2.98. The van der Waals surface area contributed by atoms with Gasteiger partial charge in [-0.05, 0) is 30.7 Å². The molecule has 2 aromatic rings. The van der Waals surface area contributed by atoms with Gasteiger partial charge in [-0.2, -0.15) is 0 Å². The Bertz CT molecular complexity index is 735. The topological polar surface area (TPSA) is 33.5 Å². The molecule has 0 fully saturated rings. The van der Waals surface area contributed by atoms with Crippen molar-refractivity contribution in [3.05, 3.63) is 64.4 Å². The average molecular weight is 334 g/mol. The first-order chi connectivity index (χ1) is 11.0. The highest BCUT2D eigenvalue weighted by Gasteiger charge is 2.29.